The molecule has 0 bridgehead atoms. The van der Waals surface area contributed by atoms with Crippen molar-refractivity contribution in [2.24, 2.45) is 0 Å². The Morgan fingerprint density at radius 1 is 1.17 bits per heavy atom. The van der Waals surface area contributed by atoms with Crippen LogP contribution in [0.25, 0.3) is 16.9 Å². The van der Waals surface area contributed by atoms with Crippen LogP contribution in [0.4, 0.5) is 0 Å². The smallest absolute Gasteiger partial charge is 0.337 e. The Balaban J connectivity index is 2.14. The van der Waals surface area contributed by atoms with Crippen molar-refractivity contribution in [3.63, 3.8) is 0 Å². The molecule has 0 atom stereocenters. The number of aromatic nitrogens is 2. The molecule has 3 rings (SSSR count). The van der Waals surface area contributed by atoms with E-state index in [1.54, 1.807) is 28.7 Å². The number of pyridine rings is 1. The number of carbonyl (C=O) groups excluding carboxylic acids is 1. The van der Waals surface area contributed by atoms with Gasteiger partial charge in [-0.2, -0.15) is 0 Å². The van der Waals surface area contributed by atoms with Crippen molar-refractivity contribution >= 4 is 17.6 Å². The molecule has 0 amide bonds. The molecule has 6 heteroatoms. The lowest BCUT2D eigenvalue weighted by Gasteiger charge is -2.04. The molecule has 0 aliphatic heterocycles. The van der Waals surface area contributed by atoms with Crippen LogP contribution in [-0.4, -0.2) is 33.5 Å². The van der Waals surface area contributed by atoms with Gasteiger partial charge >= 0.3 is 11.9 Å². The molecule has 0 saturated heterocycles. The van der Waals surface area contributed by atoms with Crippen molar-refractivity contribution in [3.8, 4) is 11.3 Å². The van der Waals surface area contributed by atoms with Gasteiger partial charge in [0.25, 0.3) is 0 Å². The summed E-state index contributed by atoms with van der Waals surface area (Å²) in [4.78, 5) is 27.3. The summed E-state index contributed by atoms with van der Waals surface area (Å²) < 4.78 is 6.48. The first-order valence-electron chi connectivity index (χ1n) is 7.37. The van der Waals surface area contributed by atoms with Crippen LogP contribution in [0, 0.1) is 6.92 Å². The number of aliphatic carboxylic acids is 1. The first-order valence-corrected chi connectivity index (χ1v) is 7.37. The second-order valence-corrected chi connectivity index (χ2v) is 5.48. The van der Waals surface area contributed by atoms with E-state index in [2.05, 4.69) is 9.72 Å². The summed E-state index contributed by atoms with van der Waals surface area (Å²) in [6.45, 7) is 1.94. The van der Waals surface area contributed by atoms with E-state index >= 15 is 0 Å². The van der Waals surface area contributed by atoms with Crippen molar-refractivity contribution < 1.29 is 19.4 Å². The lowest BCUT2D eigenvalue weighted by atomic mass is 10.1. The summed E-state index contributed by atoms with van der Waals surface area (Å²) in [5.41, 5.74) is 4.08. The number of nitrogens with zero attached hydrogens (tertiary/aromatic N) is 2. The van der Waals surface area contributed by atoms with Crippen LogP contribution in [0.1, 0.15) is 21.6 Å². The standard InChI is InChI=1S/C18H16N2O4/c1-11-3-8-15-19-17(14(9-16(21)22)20(15)10-11)12-4-6-13(7-5-12)18(23)24-2/h3-8,10H,9H2,1-2H3,(H,21,22). The van der Waals surface area contributed by atoms with Crippen LogP contribution in [0.3, 0.4) is 0 Å². The number of hydrogen-bond donors (Lipinski definition) is 1. The van der Waals surface area contributed by atoms with Gasteiger partial charge in [0, 0.05) is 11.8 Å². The number of rotatable bonds is 4. The minimum Gasteiger partial charge on any atom is -0.481 e. The first kappa shape index (κ1) is 15.7. The van der Waals surface area contributed by atoms with Gasteiger partial charge < -0.3 is 14.2 Å². The fourth-order valence-electron chi connectivity index (χ4n) is 2.62. The summed E-state index contributed by atoms with van der Waals surface area (Å²) in [5, 5.41) is 9.23. The Labute approximate surface area is 138 Å². The summed E-state index contributed by atoms with van der Waals surface area (Å²) in [7, 11) is 1.33. The number of methoxy groups -OCH3 is 1. The molecular formula is C18H16N2O4. The molecule has 0 aliphatic carbocycles. The average molecular weight is 324 g/mol. The third-order valence-electron chi connectivity index (χ3n) is 3.76. The van der Waals surface area contributed by atoms with E-state index in [1.807, 2.05) is 25.3 Å². The van der Waals surface area contributed by atoms with Gasteiger partial charge in [0.1, 0.15) is 5.65 Å². The summed E-state index contributed by atoms with van der Waals surface area (Å²) in [6, 6.07) is 10.5. The van der Waals surface area contributed by atoms with E-state index in [4.69, 9.17) is 0 Å². The molecule has 3 aromatic rings. The molecule has 1 N–H and O–H groups in total. The molecule has 6 nitrogen and oxygen atoms in total. The van der Waals surface area contributed by atoms with Crippen LogP contribution in [0.2, 0.25) is 0 Å². The Kier molecular flexibility index (Phi) is 4.04. The van der Waals surface area contributed by atoms with Gasteiger partial charge in [0.2, 0.25) is 0 Å². The minimum atomic E-state index is -0.925. The molecule has 2 heterocycles. The van der Waals surface area contributed by atoms with E-state index in [0.717, 1.165) is 11.1 Å². The molecule has 0 aliphatic rings. The molecule has 0 spiro atoms. The number of benzene rings is 1. The highest BCUT2D eigenvalue weighted by Gasteiger charge is 2.17. The Morgan fingerprint density at radius 2 is 1.88 bits per heavy atom. The van der Waals surface area contributed by atoms with E-state index in [-0.39, 0.29) is 6.42 Å². The second-order valence-electron chi connectivity index (χ2n) is 5.48. The maximum absolute atomic E-state index is 11.5. The molecule has 0 unspecified atom stereocenters. The highest BCUT2D eigenvalue weighted by Crippen LogP contribution is 2.26. The quantitative estimate of drug-likeness (QED) is 0.746. The molecule has 0 fully saturated rings. The monoisotopic (exact) mass is 324 g/mol. The zero-order valence-electron chi connectivity index (χ0n) is 13.3. The number of carboxylic acids is 1. The number of fused-ring (bicyclic) bond motifs is 1. The van der Waals surface area contributed by atoms with Crippen molar-refractivity contribution in [3.05, 3.63) is 59.4 Å². The number of hydrogen-bond acceptors (Lipinski definition) is 4. The van der Waals surface area contributed by atoms with Crippen LogP contribution < -0.4 is 0 Å². The van der Waals surface area contributed by atoms with E-state index < -0.39 is 11.9 Å². The van der Waals surface area contributed by atoms with Gasteiger partial charge in [-0.1, -0.05) is 18.2 Å². The Bertz CT molecular complexity index is 926. The van der Waals surface area contributed by atoms with Crippen molar-refractivity contribution in [1.29, 1.82) is 0 Å². The van der Waals surface area contributed by atoms with Gasteiger partial charge in [-0.05, 0) is 30.7 Å². The molecular weight excluding hydrogens is 308 g/mol. The number of ether oxygens (including phenoxy) is 1. The fraction of sp³-hybridized carbons (Fsp3) is 0.167. The molecule has 0 saturated carbocycles. The number of carbonyl (C=O) groups is 2. The highest BCUT2D eigenvalue weighted by molar-refractivity contribution is 5.90. The normalized spacial score (nSPS) is 10.8. The van der Waals surface area contributed by atoms with Crippen LogP contribution in [0.5, 0.6) is 0 Å². The van der Waals surface area contributed by atoms with Crippen molar-refractivity contribution in [2.75, 3.05) is 7.11 Å². The summed E-state index contributed by atoms with van der Waals surface area (Å²) in [6.07, 6.45) is 1.73. The zero-order valence-corrected chi connectivity index (χ0v) is 13.3. The highest BCUT2D eigenvalue weighted by atomic mass is 16.5. The lowest BCUT2D eigenvalue weighted by Crippen LogP contribution is -2.05. The average Bonchev–Trinajstić information content (AvgIpc) is 2.91. The van der Waals surface area contributed by atoms with Gasteiger partial charge in [-0.15, -0.1) is 0 Å². The molecule has 24 heavy (non-hydrogen) atoms. The fourth-order valence-corrected chi connectivity index (χ4v) is 2.62. The van der Waals surface area contributed by atoms with Crippen molar-refractivity contribution in [2.45, 2.75) is 13.3 Å². The predicted octanol–water partition coefficient (Wildman–Crippen LogP) is 2.72. The van der Waals surface area contributed by atoms with Crippen molar-refractivity contribution in [1.82, 2.24) is 9.38 Å². The Hall–Kier alpha value is -3.15. The lowest BCUT2D eigenvalue weighted by molar-refractivity contribution is -0.136. The summed E-state index contributed by atoms with van der Waals surface area (Å²) >= 11 is 0. The number of aryl methyl sites for hydroxylation is 1. The van der Waals surface area contributed by atoms with E-state index in [1.165, 1.54) is 7.11 Å². The van der Waals surface area contributed by atoms with E-state index in [0.29, 0.717) is 22.6 Å². The third kappa shape index (κ3) is 2.86. The maximum atomic E-state index is 11.5. The molecule has 2 aromatic heterocycles. The second kappa shape index (κ2) is 6.16. The van der Waals surface area contributed by atoms with Gasteiger partial charge in [0.05, 0.1) is 30.5 Å². The van der Waals surface area contributed by atoms with Crippen LogP contribution in [-0.2, 0) is 16.0 Å². The van der Waals surface area contributed by atoms with Gasteiger partial charge in [-0.25, -0.2) is 9.78 Å². The van der Waals surface area contributed by atoms with Crippen LogP contribution >= 0.6 is 0 Å². The third-order valence-corrected chi connectivity index (χ3v) is 3.76. The Morgan fingerprint density at radius 3 is 2.50 bits per heavy atom. The topological polar surface area (TPSA) is 80.9 Å². The molecule has 0 radical (unpaired) electrons. The molecule has 122 valence electrons. The number of carboxylic acid groups (broad SMARTS) is 1. The van der Waals surface area contributed by atoms with Crippen LogP contribution in [0.15, 0.2) is 42.6 Å². The summed E-state index contributed by atoms with van der Waals surface area (Å²) in [5.74, 6) is -1.34. The van der Waals surface area contributed by atoms with Gasteiger partial charge in [-0.3, -0.25) is 4.79 Å². The number of imidazole rings is 1. The zero-order chi connectivity index (χ0) is 17.3. The SMILES string of the molecule is COC(=O)c1ccc(-c2nc3ccc(C)cn3c2CC(=O)O)cc1. The maximum Gasteiger partial charge on any atom is 0.337 e. The van der Waals surface area contributed by atoms with Gasteiger partial charge in [0.15, 0.2) is 0 Å². The molecule has 1 aromatic carbocycles. The van der Waals surface area contributed by atoms with E-state index in [9.17, 15) is 14.7 Å². The first-order chi connectivity index (χ1) is 11.5. The minimum absolute atomic E-state index is 0.140. The largest absolute Gasteiger partial charge is 0.481 e. The number of esters is 1. The predicted molar refractivity (Wildman–Crippen MR) is 88.0 cm³/mol.